The summed E-state index contributed by atoms with van der Waals surface area (Å²) in [5, 5.41) is 7.68. The van der Waals surface area contributed by atoms with Crippen molar-refractivity contribution < 1.29 is 4.79 Å². The Kier molecular flexibility index (Phi) is 3.78. The highest BCUT2D eigenvalue weighted by Crippen LogP contribution is 2.27. The molecule has 1 amide bonds. The van der Waals surface area contributed by atoms with Crippen LogP contribution in [-0.2, 0) is 24.1 Å². The van der Waals surface area contributed by atoms with E-state index >= 15 is 0 Å². The summed E-state index contributed by atoms with van der Waals surface area (Å²) in [6, 6.07) is 9.93. The van der Waals surface area contributed by atoms with Crippen LogP contribution in [0.3, 0.4) is 0 Å². The normalized spacial score (nSPS) is 18.0. The van der Waals surface area contributed by atoms with Gasteiger partial charge in [-0.25, -0.2) is 0 Å². The quantitative estimate of drug-likeness (QED) is 0.940. The van der Waals surface area contributed by atoms with Crippen molar-refractivity contribution in [2.45, 2.75) is 45.6 Å². The fourth-order valence-electron chi connectivity index (χ4n) is 2.93. The lowest BCUT2D eigenvalue weighted by Crippen LogP contribution is -2.27. The fourth-order valence-corrected chi connectivity index (χ4v) is 2.93. The highest BCUT2D eigenvalue weighted by molar-refractivity contribution is 5.95. The number of rotatable bonds is 3. The van der Waals surface area contributed by atoms with Crippen molar-refractivity contribution in [2.75, 3.05) is 5.32 Å². The Morgan fingerprint density at radius 3 is 2.86 bits per heavy atom. The van der Waals surface area contributed by atoms with E-state index in [1.165, 1.54) is 5.56 Å². The molecule has 1 aromatic heterocycles. The first-order valence-corrected chi connectivity index (χ1v) is 7.69. The third-order valence-corrected chi connectivity index (χ3v) is 4.15. The number of carbonyl (C=O) groups is 1. The third-order valence-electron chi connectivity index (χ3n) is 4.15. The molecular weight excluding hydrogens is 262 g/mol. The smallest absolute Gasteiger partial charge is 0.249 e. The second-order valence-electron chi connectivity index (χ2n) is 5.48. The van der Waals surface area contributed by atoms with E-state index in [4.69, 9.17) is 0 Å². The van der Waals surface area contributed by atoms with Gasteiger partial charge in [0.1, 0.15) is 6.04 Å². The molecular formula is C17H21N3O. The molecule has 4 heteroatoms. The van der Waals surface area contributed by atoms with E-state index in [1.807, 2.05) is 22.9 Å². The van der Waals surface area contributed by atoms with E-state index in [2.05, 4.69) is 36.4 Å². The van der Waals surface area contributed by atoms with E-state index in [0.29, 0.717) is 0 Å². The van der Waals surface area contributed by atoms with Gasteiger partial charge >= 0.3 is 0 Å². The number of benzene rings is 1. The van der Waals surface area contributed by atoms with Gasteiger partial charge in [-0.3, -0.25) is 9.48 Å². The first-order chi connectivity index (χ1) is 10.2. The van der Waals surface area contributed by atoms with Gasteiger partial charge in [-0.2, -0.15) is 5.10 Å². The molecule has 1 aromatic carbocycles. The lowest BCUT2D eigenvalue weighted by molar-refractivity contribution is -0.119. The van der Waals surface area contributed by atoms with Gasteiger partial charge in [0.25, 0.3) is 0 Å². The van der Waals surface area contributed by atoms with Crippen molar-refractivity contribution in [3.8, 4) is 0 Å². The highest BCUT2D eigenvalue weighted by Gasteiger charge is 2.27. The molecule has 1 N–H and O–H groups in total. The Morgan fingerprint density at radius 2 is 2.10 bits per heavy atom. The number of aryl methyl sites for hydroxylation is 3. The van der Waals surface area contributed by atoms with Crippen molar-refractivity contribution in [1.82, 2.24) is 9.78 Å². The predicted molar refractivity (Wildman–Crippen MR) is 83.4 cm³/mol. The van der Waals surface area contributed by atoms with Crippen LogP contribution in [0, 0.1) is 0 Å². The molecule has 0 saturated carbocycles. The molecule has 0 saturated heterocycles. The number of fused-ring (bicyclic) bond motifs is 1. The summed E-state index contributed by atoms with van der Waals surface area (Å²) < 4.78 is 1.93. The van der Waals surface area contributed by atoms with Crippen LogP contribution < -0.4 is 5.32 Å². The van der Waals surface area contributed by atoms with Crippen LogP contribution in [0.5, 0.6) is 0 Å². The Labute approximate surface area is 125 Å². The molecule has 1 atom stereocenters. The summed E-state index contributed by atoms with van der Waals surface area (Å²) in [4.78, 5) is 12.6. The zero-order valence-corrected chi connectivity index (χ0v) is 12.6. The molecule has 2 aromatic rings. The fraction of sp³-hybridized carbons (Fsp3) is 0.412. The minimum atomic E-state index is -0.215. The summed E-state index contributed by atoms with van der Waals surface area (Å²) in [5.41, 5.74) is 4.33. The number of hydrogen-bond donors (Lipinski definition) is 1. The monoisotopic (exact) mass is 283 g/mol. The average molecular weight is 283 g/mol. The number of nitrogens with one attached hydrogen (secondary N) is 1. The Morgan fingerprint density at radius 1 is 1.29 bits per heavy atom. The maximum Gasteiger partial charge on any atom is 0.249 e. The standard InChI is InChI=1S/C17H21N3O/c1-3-13-11-14(4-2)20(19-13)16-10-9-12-7-5-6-8-15(12)18-17(16)21/h5-8,11,16H,3-4,9-10H2,1-2H3,(H,18,21). The topological polar surface area (TPSA) is 46.9 Å². The Hall–Kier alpha value is -2.10. The number of amides is 1. The molecule has 3 rings (SSSR count). The second kappa shape index (κ2) is 5.72. The first kappa shape index (κ1) is 13.9. The molecule has 0 aliphatic carbocycles. The molecule has 1 aliphatic heterocycles. The van der Waals surface area contributed by atoms with E-state index in [1.54, 1.807) is 0 Å². The largest absolute Gasteiger partial charge is 0.324 e. The minimum absolute atomic E-state index is 0.0420. The third kappa shape index (κ3) is 2.58. The summed E-state index contributed by atoms with van der Waals surface area (Å²) in [6.07, 6.45) is 3.48. The molecule has 1 aliphatic rings. The van der Waals surface area contributed by atoms with Crippen molar-refractivity contribution in [2.24, 2.45) is 0 Å². The van der Waals surface area contributed by atoms with Crippen LogP contribution in [0.2, 0.25) is 0 Å². The van der Waals surface area contributed by atoms with Gasteiger partial charge in [0, 0.05) is 11.4 Å². The van der Waals surface area contributed by atoms with Crippen molar-refractivity contribution in [3.63, 3.8) is 0 Å². The average Bonchev–Trinajstić information content (AvgIpc) is 2.84. The SMILES string of the molecule is CCc1cc(CC)n(C2CCc3ccccc3NC2=O)n1. The van der Waals surface area contributed by atoms with Gasteiger partial charge in [0.2, 0.25) is 5.91 Å². The summed E-state index contributed by atoms with van der Waals surface area (Å²) in [7, 11) is 0. The molecule has 0 radical (unpaired) electrons. The maximum atomic E-state index is 12.6. The first-order valence-electron chi connectivity index (χ1n) is 7.69. The number of para-hydroxylation sites is 1. The van der Waals surface area contributed by atoms with Crippen LogP contribution in [0.15, 0.2) is 30.3 Å². The van der Waals surface area contributed by atoms with E-state index in [0.717, 1.165) is 42.8 Å². The van der Waals surface area contributed by atoms with Gasteiger partial charge in [0.15, 0.2) is 0 Å². The summed E-state index contributed by atoms with van der Waals surface area (Å²) in [6.45, 7) is 4.20. The number of nitrogens with zero attached hydrogens (tertiary/aromatic N) is 2. The molecule has 110 valence electrons. The lowest BCUT2D eigenvalue weighted by Gasteiger charge is -2.16. The van der Waals surface area contributed by atoms with E-state index in [9.17, 15) is 4.79 Å². The van der Waals surface area contributed by atoms with Crippen LogP contribution in [0.25, 0.3) is 0 Å². The second-order valence-corrected chi connectivity index (χ2v) is 5.48. The van der Waals surface area contributed by atoms with Crippen molar-refractivity contribution >= 4 is 11.6 Å². The molecule has 0 fully saturated rings. The number of aromatic nitrogens is 2. The van der Waals surface area contributed by atoms with Crippen LogP contribution >= 0.6 is 0 Å². The van der Waals surface area contributed by atoms with Gasteiger partial charge < -0.3 is 5.32 Å². The van der Waals surface area contributed by atoms with E-state index in [-0.39, 0.29) is 11.9 Å². The molecule has 21 heavy (non-hydrogen) atoms. The van der Waals surface area contributed by atoms with Gasteiger partial charge in [-0.1, -0.05) is 32.0 Å². The molecule has 2 heterocycles. The maximum absolute atomic E-state index is 12.6. The van der Waals surface area contributed by atoms with E-state index < -0.39 is 0 Å². The summed E-state index contributed by atoms with van der Waals surface area (Å²) in [5.74, 6) is 0.0420. The van der Waals surface area contributed by atoms with Gasteiger partial charge in [-0.05, 0) is 43.4 Å². The number of anilines is 1. The molecule has 4 nitrogen and oxygen atoms in total. The minimum Gasteiger partial charge on any atom is -0.324 e. The zero-order valence-electron chi connectivity index (χ0n) is 12.6. The zero-order chi connectivity index (χ0) is 14.8. The molecule has 0 spiro atoms. The van der Waals surface area contributed by atoms with Crippen molar-refractivity contribution in [3.05, 3.63) is 47.3 Å². The van der Waals surface area contributed by atoms with Crippen LogP contribution in [0.4, 0.5) is 5.69 Å². The summed E-state index contributed by atoms with van der Waals surface area (Å²) >= 11 is 0. The van der Waals surface area contributed by atoms with Crippen molar-refractivity contribution in [1.29, 1.82) is 0 Å². The molecule has 0 bridgehead atoms. The van der Waals surface area contributed by atoms with Gasteiger partial charge in [0.05, 0.1) is 5.69 Å². The van der Waals surface area contributed by atoms with Gasteiger partial charge in [-0.15, -0.1) is 0 Å². The predicted octanol–water partition coefficient (Wildman–Crippen LogP) is 3.13. The highest BCUT2D eigenvalue weighted by atomic mass is 16.2. The van der Waals surface area contributed by atoms with Crippen LogP contribution in [0.1, 0.15) is 43.3 Å². The Balaban J connectivity index is 1.94. The molecule has 1 unspecified atom stereocenters. The van der Waals surface area contributed by atoms with Crippen LogP contribution in [-0.4, -0.2) is 15.7 Å². The number of hydrogen-bond acceptors (Lipinski definition) is 2. The Bertz CT molecular complexity index is 660. The lowest BCUT2D eigenvalue weighted by atomic mass is 10.1. The number of carbonyl (C=O) groups excluding carboxylic acids is 1.